The molecular weight excluding hydrogens is 244 g/mol. The second-order valence-corrected chi connectivity index (χ2v) is 5.68. The van der Waals surface area contributed by atoms with Crippen LogP contribution in [0.25, 0.3) is 0 Å². The van der Waals surface area contributed by atoms with Gasteiger partial charge in [0.05, 0.1) is 6.10 Å². The van der Waals surface area contributed by atoms with Crippen molar-refractivity contribution in [1.82, 2.24) is 0 Å². The maximum atomic E-state index is 10.1. The number of aliphatic hydroxyl groups is 1. The van der Waals surface area contributed by atoms with Crippen molar-refractivity contribution in [2.45, 2.75) is 59.5 Å². The summed E-state index contributed by atoms with van der Waals surface area (Å²) in [5, 5.41) is 10.1. The van der Waals surface area contributed by atoms with Gasteiger partial charge in [-0.25, -0.2) is 0 Å². The van der Waals surface area contributed by atoms with Crippen LogP contribution in [0.3, 0.4) is 0 Å². The molecule has 1 N–H and O–H groups in total. The Morgan fingerprint density at radius 3 is 2.35 bits per heavy atom. The van der Waals surface area contributed by atoms with Crippen molar-refractivity contribution in [1.29, 1.82) is 0 Å². The van der Waals surface area contributed by atoms with Gasteiger partial charge in [-0.05, 0) is 57.6 Å². The van der Waals surface area contributed by atoms with Gasteiger partial charge >= 0.3 is 0 Å². The third-order valence-electron chi connectivity index (χ3n) is 3.76. The van der Waals surface area contributed by atoms with E-state index in [2.05, 4.69) is 57.2 Å². The highest BCUT2D eigenvalue weighted by molar-refractivity contribution is 5.23. The van der Waals surface area contributed by atoms with E-state index in [0.717, 1.165) is 31.3 Å². The minimum Gasteiger partial charge on any atom is -0.389 e. The highest BCUT2D eigenvalue weighted by Crippen LogP contribution is 2.21. The Labute approximate surface area is 124 Å². The monoisotopic (exact) mass is 272 g/mol. The molecule has 0 aliphatic rings. The zero-order valence-electron chi connectivity index (χ0n) is 13.3. The second-order valence-electron chi connectivity index (χ2n) is 5.68. The zero-order chi connectivity index (χ0) is 15.0. The van der Waals surface area contributed by atoms with Gasteiger partial charge in [0.1, 0.15) is 0 Å². The fraction of sp³-hybridized carbons (Fsp3) is 0.474. The van der Waals surface area contributed by atoms with Gasteiger partial charge in [-0.1, -0.05) is 54.5 Å². The first-order valence-corrected chi connectivity index (χ1v) is 7.58. The van der Waals surface area contributed by atoms with Gasteiger partial charge in [-0.3, -0.25) is 0 Å². The van der Waals surface area contributed by atoms with E-state index in [1.165, 1.54) is 16.7 Å². The van der Waals surface area contributed by atoms with E-state index in [9.17, 15) is 5.11 Å². The summed E-state index contributed by atoms with van der Waals surface area (Å²) in [5.41, 5.74) is 5.23. The van der Waals surface area contributed by atoms with Crippen LogP contribution in [0, 0.1) is 0 Å². The van der Waals surface area contributed by atoms with Crippen molar-refractivity contribution in [3.05, 3.63) is 58.7 Å². The molecule has 1 aromatic carbocycles. The van der Waals surface area contributed by atoms with Gasteiger partial charge in [0, 0.05) is 0 Å². The van der Waals surface area contributed by atoms with Gasteiger partial charge in [0.25, 0.3) is 0 Å². The molecule has 110 valence electrons. The summed E-state index contributed by atoms with van der Waals surface area (Å²) in [6, 6.07) is 10.6. The summed E-state index contributed by atoms with van der Waals surface area (Å²) in [4.78, 5) is 0. The van der Waals surface area contributed by atoms with Crippen molar-refractivity contribution in [3.63, 3.8) is 0 Å². The Bertz CT molecular complexity index is 450. The molecule has 0 bridgehead atoms. The number of aryl methyl sites for hydroxylation is 1. The molecule has 1 heteroatoms. The molecule has 0 amide bonds. The van der Waals surface area contributed by atoms with Crippen LogP contribution in [0.1, 0.15) is 52.5 Å². The number of hydrogen-bond acceptors (Lipinski definition) is 1. The molecule has 0 aromatic heterocycles. The summed E-state index contributed by atoms with van der Waals surface area (Å²) in [5.74, 6) is 0. The summed E-state index contributed by atoms with van der Waals surface area (Å²) < 4.78 is 0. The van der Waals surface area contributed by atoms with E-state index >= 15 is 0 Å². The largest absolute Gasteiger partial charge is 0.389 e. The molecule has 0 radical (unpaired) electrons. The minimum atomic E-state index is -0.300. The molecular formula is C19H28O. The third kappa shape index (κ3) is 5.75. The highest BCUT2D eigenvalue weighted by atomic mass is 16.3. The summed E-state index contributed by atoms with van der Waals surface area (Å²) in [6.45, 7) is 8.36. The zero-order valence-corrected chi connectivity index (χ0v) is 13.3. The number of hydrogen-bond donors (Lipinski definition) is 1. The van der Waals surface area contributed by atoms with E-state index < -0.39 is 0 Å². The van der Waals surface area contributed by atoms with Gasteiger partial charge in [-0.15, -0.1) is 0 Å². The molecule has 1 nitrogen and oxygen atoms in total. The molecule has 0 heterocycles. The molecule has 20 heavy (non-hydrogen) atoms. The lowest BCUT2D eigenvalue weighted by molar-refractivity contribution is 0.205. The lowest BCUT2D eigenvalue weighted by Crippen LogP contribution is -2.09. The first-order valence-electron chi connectivity index (χ1n) is 7.58. The molecule has 0 aliphatic heterocycles. The molecule has 1 atom stereocenters. The minimum absolute atomic E-state index is 0.300. The average molecular weight is 272 g/mol. The second kappa shape index (κ2) is 8.76. The van der Waals surface area contributed by atoms with Gasteiger partial charge in [-0.2, -0.15) is 0 Å². The van der Waals surface area contributed by atoms with Crippen LogP contribution in [0.15, 0.2) is 53.1 Å². The quantitative estimate of drug-likeness (QED) is 0.688. The fourth-order valence-electron chi connectivity index (χ4n) is 2.27. The summed E-state index contributed by atoms with van der Waals surface area (Å²) in [7, 11) is 0. The third-order valence-corrected chi connectivity index (χ3v) is 3.76. The molecule has 0 saturated heterocycles. The Morgan fingerprint density at radius 1 is 1.15 bits per heavy atom. The van der Waals surface area contributed by atoms with Crippen molar-refractivity contribution in [3.8, 4) is 0 Å². The maximum absolute atomic E-state index is 10.1. The molecule has 1 unspecified atom stereocenters. The Kier molecular flexibility index (Phi) is 7.32. The van der Waals surface area contributed by atoms with Crippen LogP contribution < -0.4 is 0 Å². The van der Waals surface area contributed by atoms with Crippen LogP contribution in [0.2, 0.25) is 0 Å². The molecule has 1 rings (SSSR count). The molecule has 0 aliphatic carbocycles. The Balaban J connectivity index is 2.80. The summed E-state index contributed by atoms with van der Waals surface area (Å²) in [6.07, 6.45) is 5.77. The van der Waals surface area contributed by atoms with E-state index in [4.69, 9.17) is 0 Å². The van der Waals surface area contributed by atoms with Crippen LogP contribution in [-0.4, -0.2) is 11.2 Å². The fourth-order valence-corrected chi connectivity index (χ4v) is 2.27. The van der Waals surface area contributed by atoms with Crippen LogP contribution >= 0.6 is 0 Å². The molecule has 0 fully saturated rings. The summed E-state index contributed by atoms with van der Waals surface area (Å²) >= 11 is 0. The Hall–Kier alpha value is -1.34. The normalized spacial score (nSPS) is 13.7. The maximum Gasteiger partial charge on any atom is 0.0747 e. The number of allylic oxidation sites excluding steroid dienone is 3. The smallest absolute Gasteiger partial charge is 0.0747 e. The van der Waals surface area contributed by atoms with E-state index in [0.29, 0.717) is 0 Å². The molecule has 0 spiro atoms. The first-order chi connectivity index (χ1) is 9.54. The number of rotatable bonds is 7. The molecule has 0 saturated carbocycles. The lowest BCUT2D eigenvalue weighted by atomic mass is 9.94. The van der Waals surface area contributed by atoms with E-state index in [-0.39, 0.29) is 6.10 Å². The van der Waals surface area contributed by atoms with Gasteiger partial charge < -0.3 is 5.11 Å². The Morgan fingerprint density at radius 2 is 1.80 bits per heavy atom. The lowest BCUT2D eigenvalue weighted by Gasteiger charge is -2.15. The number of benzene rings is 1. The van der Waals surface area contributed by atoms with Crippen LogP contribution in [-0.2, 0) is 6.42 Å². The molecule has 1 aromatic rings. The predicted octanol–water partition coefficient (Wildman–Crippen LogP) is 5.06. The topological polar surface area (TPSA) is 20.2 Å². The first kappa shape index (κ1) is 16.7. The SMILES string of the molecule is CCC(O)/C(C)=C(/CC=C(C)C)CCc1ccccc1. The van der Waals surface area contributed by atoms with Crippen molar-refractivity contribution < 1.29 is 5.11 Å². The van der Waals surface area contributed by atoms with Crippen LogP contribution in [0.5, 0.6) is 0 Å². The predicted molar refractivity (Wildman–Crippen MR) is 87.8 cm³/mol. The van der Waals surface area contributed by atoms with Gasteiger partial charge in [0.2, 0.25) is 0 Å². The van der Waals surface area contributed by atoms with Crippen molar-refractivity contribution in [2.75, 3.05) is 0 Å². The highest BCUT2D eigenvalue weighted by Gasteiger charge is 2.09. The van der Waals surface area contributed by atoms with Crippen molar-refractivity contribution in [2.24, 2.45) is 0 Å². The van der Waals surface area contributed by atoms with Gasteiger partial charge in [0.15, 0.2) is 0 Å². The average Bonchev–Trinajstić information content (AvgIpc) is 2.46. The van der Waals surface area contributed by atoms with Crippen molar-refractivity contribution >= 4 is 0 Å². The van der Waals surface area contributed by atoms with Crippen LogP contribution in [0.4, 0.5) is 0 Å². The van der Waals surface area contributed by atoms with E-state index in [1.807, 2.05) is 6.92 Å². The standard InChI is InChI=1S/C19H28O/c1-5-19(20)16(4)18(13-11-15(2)3)14-12-17-9-7-6-8-10-17/h6-11,19-20H,5,12-14H2,1-4H3/b18-16-. The van der Waals surface area contributed by atoms with E-state index in [1.54, 1.807) is 0 Å². The number of aliphatic hydroxyl groups excluding tert-OH is 1.